The average molecular weight is 244 g/mol. The van der Waals surface area contributed by atoms with Gasteiger partial charge in [0.15, 0.2) is 0 Å². The number of fused-ring (bicyclic) bond motifs is 5. The smallest absolute Gasteiger partial charge is 0.0964 e. The van der Waals surface area contributed by atoms with Crippen LogP contribution in [0.25, 0.3) is 0 Å². The van der Waals surface area contributed by atoms with E-state index in [-0.39, 0.29) is 0 Å². The van der Waals surface area contributed by atoms with Crippen LogP contribution in [0.15, 0.2) is 42.5 Å². The Hall–Kier alpha value is -1.50. The van der Waals surface area contributed by atoms with Crippen LogP contribution >= 0.6 is 0 Å². The molecule has 2 aromatic rings. The number of hydrogen-bond donors (Lipinski definition) is 0. The molecule has 1 heteroatoms. The highest BCUT2D eigenvalue weighted by atomic mass is 14.4. The molecule has 0 aromatic heterocycles. The Morgan fingerprint density at radius 2 is 1.58 bits per heavy atom. The first-order valence-electron chi connectivity index (χ1n) is 7.29. The maximum absolute atomic E-state index is 6.02. The lowest BCUT2D eigenvalue weighted by atomic mass is 9.65. The third-order valence-corrected chi connectivity index (χ3v) is 4.94. The molecule has 2 aromatic carbocycles. The van der Waals surface area contributed by atoms with E-state index in [9.17, 15) is 0 Å². The van der Waals surface area contributed by atoms with Gasteiger partial charge in [0.1, 0.15) is 7.85 Å². The van der Waals surface area contributed by atoms with Crippen LogP contribution in [-0.2, 0) is 12.8 Å². The molecule has 2 unspecified atom stereocenters. The molecule has 0 nitrogen and oxygen atoms in total. The van der Waals surface area contributed by atoms with Gasteiger partial charge in [0.05, 0.1) is 0 Å². The predicted molar refractivity (Wildman–Crippen MR) is 80.2 cm³/mol. The molecule has 0 aliphatic heterocycles. The molecular formula is C18H17B. The maximum atomic E-state index is 6.02. The largest absolute Gasteiger partial charge is 0.113 e. The molecule has 0 heterocycles. The van der Waals surface area contributed by atoms with Crippen LogP contribution in [0.4, 0.5) is 0 Å². The Labute approximate surface area is 116 Å². The topological polar surface area (TPSA) is 0 Å². The van der Waals surface area contributed by atoms with E-state index in [2.05, 4.69) is 36.4 Å². The van der Waals surface area contributed by atoms with E-state index in [4.69, 9.17) is 7.85 Å². The van der Waals surface area contributed by atoms with E-state index < -0.39 is 0 Å². The van der Waals surface area contributed by atoms with Crippen molar-refractivity contribution in [2.75, 3.05) is 0 Å². The number of hydrogen-bond acceptors (Lipinski definition) is 0. The van der Waals surface area contributed by atoms with E-state index in [1.54, 1.807) is 11.1 Å². The van der Waals surface area contributed by atoms with E-state index >= 15 is 0 Å². The highest BCUT2D eigenvalue weighted by molar-refractivity contribution is 6.32. The lowest BCUT2D eigenvalue weighted by Gasteiger charge is -2.39. The van der Waals surface area contributed by atoms with Crippen LogP contribution in [0.5, 0.6) is 0 Å². The molecular weight excluding hydrogens is 227 g/mol. The van der Waals surface area contributed by atoms with Gasteiger partial charge in [-0.1, -0.05) is 47.9 Å². The number of aryl methyl sites for hydroxylation is 2. The summed E-state index contributed by atoms with van der Waals surface area (Å²) in [6, 6.07) is 15.5. The van der Waals surface area contributed by atoms with Crippen molar-refractivity contribution in [3.05, 3.63) is 64.7 Å². The molecule has 0 saturated heterocycles. The fourth-order valence-corrected chi connectivity index (χ4v) is 4.03. The van der Waals surface area contributed by atoms with Gasteiger partial charge in [-0.15, -0.1) is 0 Å². The van der Waals surface area contributed by atoms with E-state index in [1.165, 1.54) is 36.8 Å². The molecule has 2 aliphatic rings. The molecule has 0 N–H and O–H groups in total. The fraction of sp³-hybridized carbons (Fsp3) is 0.333. The highest BCUT2D eigenvalue weighted by Crippen LogP contribution is 2.46. The summed E-state index contributed by atoms with van der Waals surface area (Å²) in [4.78, 5) is 0. The Bertz CT molecular complexity index is 629. The molecule has 2 radical (unpaired) electrons. The van der Waals surface area contributed by atoms with Gasteiger partial charge in [-0.25, -0.2) is 0 Å². The summed E-state index contributed by atoms with van der Waals surface area (Å²) in [6.45, 7) is 0. The zero-order valence-corrected chi connectivity index (χ0v) is 11.1. The second-order valence-electron chi connectivity index (χ2n) is 5.97. The zero-order valence-electron chi connectivity index (χ0n) is 11.1. The lowest BCUT2D eigenvalue weighted by molar-refractivity contribution is 0.363. The second kappa shape index (κ2) is 4.26. The number of rotatable bonds is 0. The van der Waals surface area contributed by atoms with Gasteiger partial charge in [0.25, 0.3) is 0 Å². The van der Waals surface area contributed by atoms with Crippen molar-refractivity contribution in [3.8, 4) is 0 Å². The van der Waals surface area contributed by atoms with Crippen LogP contribution in [0.3, 0.4) is 0 Å². The van der Waals surface area contributed by atoms with Crippen molar-refractivity contribution in [1.82, 2.24) is 0 Å². The first-order valence-corrected chi connectivity index (χ1v) is 7.29. The van der Waals surface area contributed by atoms with Gasteiger partial charge in [0.2, 0.25) is 0 Å². The minimum absolute atomic E-state index is 0.581. The standard InChI is InChI=1S/C18H17B/c19-15-10-9-13-6-8-14-7-5-12-3-1-2-4-16(12)18(14)17(13)11-15/h1-4,9-11,14,18H,5-8H2. The van der Waals surface area contributed by atoms with E-state index in [0.29, 0.717) is 5.92 Å². The predicted octanol–water partition coefficient (Wildman–Crippen LogP) is 3.12. The summed E-state index contributed by atoms with van der Waals surface area (Å²) < 4.78 is 0. The van der Waals surface area contributed by atoms with Crippen LogP contribution in [-0.4, -0.2) is 7.85 Å². The first-order chi connectivity index (χ1) is 9.33. The molecule has 92 valence electrons. The normalized spacial score (nSPS) is 24.2. The van der Waals surface area contributed by atoms with Crippen molar-refractivity contribution in [2.45, 2.75) is 31.6 Å². The van der Waals surface area contributed by atoms with Gasteiger partial charge in [0, 0.05) is 5.92 Å². The van der Waals surface area contributed by atoms with Crippen molar-refractivity contribution in [2.24, 2.45) is 5.92 Å². The fourth-order valence-electron chi connectivity index (χ4n) is 4.03. The molecule has 4 rings (SSSR count). The van der Waals surface area contributed by atoms with Crippen LogP contribution in [0, 0.1) is 5.92 Å². The SMILES string of the molecule is [B]c1ccc2c(c1)C1c3ccccc3CCC1CC2. The molecule has 19 heavy (non-hydrogen) atoms. The van der Waals surface area contributed by atoms with Gasteiger partial charge >= 0.3 is 0 Å². The summed E-state index contributed by atoms with van der Waals surface area (Å²) >= 11 is 0. The Morgan fingerprint density at radius 1 is 0.842 bits per heavy atom. The lowest BCUT2D eigenvalue weighted by Crippen LogP contribution is -2.28. The molecule has 2 atom stereocenters. The monoisotopic (exact) mass is 244 g/mol. The summed E-state index contributed by atoms with van der Waals surface area (Å²) in [5.41, 5.74) is 6.99. The highest BCUT2D eigenvalue weighted by Gasteiger charge is 2.34. The molecule has 0 spiro atoms. The van der Waals surface area contributed by atoms with Gasteiger partial charge in [-0.2, -0.15) is 0 Å². The summed E-state index contributed by atoms with van der Waals surface area (Å²) in [5.74, 6) is 1.39. The van der Waals surface area contributed by atoms with E-state index in [0.717, 1.165) is 11.4 Å². The number of benzene rings is 2. The van der Waals surface area contributed by atoms with Gasteiger partial charge < -0.3 is 0 Å². The van der Waals surface area contributed by atoms with Gasteiger partial charge in [-0.05, 0) is 53.9 Å². The van der Waals surface area contributed by atoms with Crippen LogP contribution in [0.1, 0.15) is 41.0 Å². The summed E-state index contributed by atoms with van der Waals surface area (Å²) in [5, 5.41) is 0. The molecule has 2 aliphatic carbocycles. The van der Waals surface area contributed by atoms with Gasteiger partial charge in [-0.3, -0.25) is 0 Å². The quantitative estimate of drug-likeness (QED) is 0.624. The Morgan fingerprint density at radius 3 is 2.42 bits per heavy atom. The van der Waals surface area contributed by atoms with Crippen molar-refractivity contribution < 1.29 is 0 Å². The zero-order chi connectivity index (χ0) is 12.8. The van der Waals surface area contributed by atoms with Crippen molar-refractivity contribution in [3.63, 3.8) is 0 Å². The third kappa shape index (κ3) is 1.75. The average Bonchev–Trinajstić information content (AvgIpc) is 2.46. The van der Waals surface area contributed by atoms with Crippen LogP contribution in [0.2, 0.25) is 0 Å². The first kappa shape index (κ1) is 11.3. The van der Waals surface area contributed by atoms with E-state index in [1.807, 2.05) is 6.07 Å². The van der Waals surface area contributed by atoms with Crippen molar-refractivity contribution >= 4 is 13.3 Å². The Kier molecular flexibility index (Phi) is 2.55. The molecule has 0 amide bonds. The molecule has 0 fully saturated rings. The summed E-state index contributed by atoms with van der Waals surface area (Å²) in [6.07, 6.45) is 5.12. The van der Waals surface area contributed by atoms with Crippen molar-refractivity contribution in [1.29, 1.82) is 0 Å². The summed E-state index contributed by atoms with van der Waals surface area (Å²) in [7, 11) is 6.02. The molecule has 0 saturated carbocycles. The Balaban J connectivity index is 1.92. The van der Waals surface area contributed by atoms with Crippen LogP contribution < -0.4 is 5.46 Å². The molecule has 0 bridgehead atoms. The second-order valence-corrected chi connectivity index (χ2v) is 5.97. The minimum Gasteiger partial charge on any atom is -0.0964 e. The maximum Gasteiger partial charge on any atom is 0.113 e. The minimum atomic E-state index is 0.581. The third-order valence-electron chi connectivity index (χ3n) is 4.94.